The van der Waals surface area contributed by atoms with Gasteiger partial charge < -0.3 is 20.1 Å². The molecule has 1 aliphatic rings. The number of rotatable bonds is 8. The normalized spacial score (nSPS) is 13.5. The van der Waals surface area contributed by atoms with Gasteiger partial charge in [0.25, 0.3) is 5.91 Å². The lowest BCUT2D eigenvalue weighted by molar-refractivity contribution is 0.102. The van der Waals surface area contributed by atoms with Gasteiger partial charge in [0.1, 0.15) is 17.3 Å². The topological polar surface area (TPSA) is 98.3 Å². The molecule has 1 fully saturated rings. The zero-order valence-electron chi connectivity index (χ0n) is 21.9. The van der Waals surface area contributed by atoms with Crippen molar-refractivity contribution in [3.8, 4) is 28.6 Å². The molecule has 2 aromatic carbocycles. The zero-order chi connectivity index (χ0) is 27.2. The van der Waals surface area contributed by atoms with Crippen LogP contribution in [0, 0.1) is 5.82 Å². The van der Waals surface area contributed by atoms with E-state index in [9.17, 15) is 9.18 Å². The highest BCUT2D eigenvalue weighted by atomic mass is 19.1. The Balaban J connectivity index is 1.40. The summed E-state index contributed by atoms with van der Waals surface area (Å²) in [5.74, 6) is 0.655. The third kappa shape index (κ3) is 5.98. The number of amides is 1. The second-order valence-electron chi connectivity index (χ2n) is 9.36. The van der Waals surface area contributed by atoms with Crippen molar-refractivity contribution in [2.45, 2.75) is 38.0 Å². The third-order valence-electron chi connectivity index (χ3n) is 6.87. The molecule has 8 nitrogen and oxygen atoms in total. The summed E-state index contributed by atoms with van der Waals surface area (Å²) >= 11 is 0. The molecule has 39 heavy (non-hydrogen) atoms. The molecule has 2 N–H and O–H groups in total. The van der Waals surface area contributed by atoms with Crippen LogP contribution in [0.1, 0.15) is 53.9 Å². The van der Waals surface area contributed by atoms with Crippen molar-refractivity contribution < 1.29 is 18.7 Å². The molecule has 0 atom stereocenters. The minimum absolute atomic E-state index is 0.158. The number of hydrogen-bond acceptors (Lipinski definition) is 7. The van der Waals surface area contributed by atoms with E-state index >= 15 is 0 Å². The van der Waals surface area contributed by atoms with E-state index < -0.39 is 11.7 Å². The molecule has 5 rings (SSSR count). The van der Waals surface area contributed by atoms with Gasteiger partial charge in [-0.15, -0.1) is 0 Å². The highest BCUT2D eigenvalue weighted by molar-refractivity contribution is 6.05. The molecule has 0 radical (unpaired) electrons. The van der Waals surface area contributed by atoms with Crippen LogP contribution in [0.25, 0.3) is 11.3 Å². The second-order valence-corrected chi connectivity index (χ2v) is 9.36. The number of carbonyl (C=O) groups excluding carboxylic acids is 1. The minimum atomic E-state index is -0.669. The van der Waals surface area contributed by atoms with Crippen molar-refractivity contribution in [1.82, 2.24) is 15.0 Å². The number of nitrogens with one attached hydrogen (secondary N) is 2. The predicted molar refractivity (Wildman–Crippen MR) is 148 cm³/mol. The SMILES string of the molecule is CNc1nccc(-c2cccnc2Oc2ccc(F)c(C(=O)Nc3cc(C4CCCCC4)ccc3OC)c2)n1. The lowest BCUT2D eigenvalue weighted by atomic mass is 9.84. The van der Waals surface area contributed by atoms with Crippen LogP contribution in [0.4, 0.5) is 16.0 Å². The average molecular weight is 528 g/mol. The van der Waals surface area contributed by atoms with E-state index in [1.165, 1.54) is 37.5 Å². The summed E-state index contributed by atoms with van der Waals surface area (Å²) in [5.41, 5.74) is 2.72. The first-order chi connectivity index (χ1) is 19.1. The fourth-order valence-electron chi connectivity index (χ4n) is 4.85. The fourth-order valence-corrected chi connectivity index (χ4v) is 4.85. The van der Waals surface area contributed by atoms with E-state index in [1.54, 1.807) is 38.7 Å². The molecule has 1 aliphatic carbocycles. The standard InChI is InChI=1S/C30H30FN5O3/c1-32-30-34-16-14-25(36-30)22-9-6-15-33-29(22)39-21-11-12-24(31)23(18-21)28(37)35-26-17-20(10-13-27(26)38-2)19-7-4-3-5-8-19/h6,9-19H,3-5,7-8H2,1-2H3,(H,35,37)(H,32,34,36). The molecular formula is C30H30FN5O3. The van der Waals surface area contributed by atoms with Crippen LogP contribution in [-0.2, 0) is 0 Å². The van der Waals surface area contributed by atoms with Crippen molar-refractivity contribution in [2.24, 2.45) is 0 Å². The maximum Gasteiger partial charge on any atom is 0.258 e. The molecule has 2 aromatic heterocycles. The first kappa shape index (κ1) is 26.1. The Hall–Kier alpha value is -4.53. The molecule has 0 aliphatic heterocycles. The molecule has 0 spiro atoms. The average Bonchev–Trinajstić information content (AvgIpc) is 2.98. The summed E-state index contributed by atoms with van der Waals surface area (Å²) in [4.78, 5) is 26.2. The molecule has 4 aromatic rings. The maximum absolute atomic E-state index is 14.9. The van der Waals surface area contributed by atoms with Gasteiger partial charge in [0.15, 0.2) is 0 Å². The van der Waals surface area contributed by atoms with Gasteiger partial charge in [0.2, 0.25) is 11.8 Å². The molecule has 0 unspecified atom stereocenters. The Labute approximate surface area is 226 Å². The van der Waals surface area contributed by atoms with E-state index in [1.807, 2.05) is 24.3 Å². The fraction of sp³-hybridized carbons (Fsp3) is 0.267. The van der Waals surface area contributed by atoms with E-state index in [-0.39, 0.29) is 17.2 Å². The number of hydrogen-bond donors (Lipinski definition) is 2. The van der Waals surface area contributed by atoms with Crippen LogP contribution < -0.4 is 20.1 Å². The number of aromatic nitrogens is 3. The monoisotopic (exact) mass is 527 g/mol. The van der Waals surface area contributed by atoms with Gasteiger partial charge in [-0.05, 0) is 72.9 Å². The third-order valence-corrected chi connectivity index (χ3v) is 6.87. The Morgan fingerprint density at radius 2 is 1.85 bits per heavy atom. The number of methoxy groups -OCH3 is 1. The Morgan fingerprint density at radius 3 is 2.64 bits per heavy atom. The molecule has 1 amide bonds. The van der Waals surface area contributed by atoms with Crippen molar-refractivity contribution in [3.63, 3.8) is 0 Å². The highest BCUT2D eigenvalue weighted by Crippen LogP contribution is 2.37. The second kappa shape index (κ2) is 11.9. The maximum atomic E-state index is 14.9. The summed E-state index contributed by atoms with van der Waals surface area (Å²) in [5, 5.41) is 5.74. The largest absolute Gasteiger partial charge is 0.495 e. The van der Waals surface area contributed by atoms with Gasteiger partial charge in [0.05, 0.1) is 29.6 Å². The lowest BCUT2D eigenvalue weighted by Crippen LogP contribution is -2.15. The molecule has 0 saturated heterocycles. The molecule has 2 heterocycles. The van der Waals surface area contributed by atoms with E-state index in [0.717, 1.165) is 18.4 Å². The van der Waals surface area contributed by atoms with Crippen molar-refractivity contribution >= 4 is 17.5 Å². The summed E-state index contributed by atoms with van der Waals surface area (Å²) in [7, 11) is 3.27. The van der Waals surface area contributed by atoms with Gasteiger partial charge in [-0.2, -0.15) is 0 Å². The summed E-state index contributed by atoms with van der Waals surface area (Å²) in [6.07, 6.45) is 9.10. The minimum Gasteiger partial charge on any atom is -0.495 e. The Morgan fingerprint density at radius 1 is 1.00 bits per heavy atom. The Kier molecular flexibility index (Phi) is 7.96. The molecule has 1 saturated carbocycles. The van der Waals surface area contributed by atoms with Crippen LogP contribution in [0.5, 0.6) is 17.4 Å². The van der Waals surface area contributed by atoms with Crippen LogP contribution >= 0.6 is 0 Å². The van der Waals surface area contributed by atoms with Gasteiger partial charge in [0, 0.05) is 19.4 Å². The zero-order valence-corrected chi connectivity index (χ0v) is 21.9. The van der Waals surface area contributed by atoms with E-state index in [0.29, 0.717) is 34.6 Å². The molecule has 200 valence electrons. The van der Waals surface area contributed by atoms with E-state index in [2.05, 4.69) is 25.6 Å². The first-order valence-corrected chi connectivity index (χ1v) is 13.0. The Bertz CT molecular complexity index is 1470. The number of pyridine rings is 1. The van der Waals surface area contributed by atoms with Crippen LogP contribution in [0.15, 0.2) is 67.0 Å². The van der Waals surface area contributed by atoms with Gasteiger partial charge in [-0.25, -0.2) is 19.3 Å². The number of carbonyl (C=O) groups is 1. The van der Waals surface area contributed by atoms with Gasteiger partial charge in [-0.1, -0.05) is 25.3 Å². The lowest BCUT2D eigenvalue weighted by Gasteiger charge is -2.23. The quantitative estimate of drug-likeness (QED) is 0.259. The highest BCUT2D eigenvalue weighted by Gasteiger charge is 2.20. The number of benzene rings is 2. The predicted octanol–water partition coefficient (Wildman–Crippen LogP) is 6.82. The van der Waals surface area contributed by atoms with Crippen molar-refractivity contribution in [2.75, 3.05) is 24.8 Å². The summed E-state index contributed by atoms with van der Waals surface area (Å²) < 4.78 is 26.3. The number of anilines is 2. The van der Waals surface area contributed by atoms with Gasteiger partial charge in [-0.3, -0.25) is 4.79 Å². The van der Waals surface area contributed by atoms with Crippen LogP contribution in [0.2, 0.25) is 0 Å². The molecule has 9 heteroatoms. The van der Waals surface area contributed by atoms with Crippen molar-refractivity contribution in [1.29, 1.82) is 0 Å². The number of nitrogens with zero attached hydrogens (tertiary/aromatic N) is 3. The molecule has 0 bridgehead atoms. The first-order valence-electron chi connectivity index (χ1n) is 13.0. The van der Waals surface area contributed by atoms with Crippen LogP contribution in [-0.4, -0.2) is 35.0 Å². The number of ether oxygens (including phenoxy) is 2. The number of halogens is 1. The van der Waals surface area contributed by atoms with Crippen molar-refractivity contribution in [3.05, 3.63) is 83.9 Å². The van der Waals surface area contributed by atoms with Gasteiger partial charge >= 0.3 is 0 Å². The van der Waals surface area contributed by atoms with E-state index in [4.69, 9.17) is 9.47 Å². The summed E-state index contributed by atoms with van der Waals surface area (Å²) in [6, 6.07) is 15.2. The van der Waals surface area contributed by atoms with Crippen LogP contribution in [0.3, 0.4) is 0 Å². The summed E-state index contributed by atoms with van der Waals surface area (Å²) in [6.45, 7) is 0. The smallest absolute Gasteiger partial charge is 0.258 e. The molecular weight excluding hydrogens is 497 g/mol.